The van der Waals surface area contributed by atoms with E-state index in [1.807, 2.05) is 32.0 Å². The Balaban J connectivity index is 2.54. The zero-order chi connectivity index (χ0) is 15.3. The Morgan fingerprint density at radius 2 is 1.81 bits per heavy atom. The van der Waals surface area contributed by atoms with E-state index >= 15 is 0 Å². The Labute approximate surface area is 127 Å². The van der Waals surface area contributed by atoms with Crippen molar-refractivity contribution in [1.29, 1.82) is 0 Å². The van der Waals surface area contributed by atoms with Crippen molar-refractivity contribution in [2.24, 2.45) is 0 Å². The highest BCUT2D eigenvalue weighted by Crippen LogP contribution is 2.28. The van der Waals surface area contributed by atoms with Crippen LogP contribution in [-0.2, 0) is 16.0 Å². The van der Waals surface area contributed by atoms with Gasteiger partial charge in [0.1, 0.15) is 6.61 Å². The predicted octanol–water partition coefficient (Wildman–Crippen LogP) is 2.24. The SMILES string of the molecule is CCOCCOc1ccc(CNCCOC)cc1OCC. The number of nitrogens with one attached hydrogen (secondary N) is 1. The van der Waals surface area contributed by atoms with E-state index in [0.717, 1.165) is 30.2 Å². The van der Waals surface area contributed by atoms with Gasteiger partial charge in [-0.05, 0) is 31.5 Å². The molecule has 0 atom stereocenters. The van der Waals surface area contributed by atoms with Crippen molar-refractivity contribution in [3.63, 3.8) is 0 Å². The summed E-state index contributed by atoms with van der Waals surface area (Å²) in [5, 5.41) is 3.31. The molecule has 5 nitrogen and oxygen atoms in total. The molecule has 1 aromatic carbocycles. The molecule has 0 aromatic heterocycles. The van der Waals surface area contributed by atoms with Crippen LogP contribution in [0.3, 0.4) is 0 Å². The Kier molecular flexibility index (Phi) is 9.61. The van der Waals surface area contributed by atoms with E-state index in [4.69, 9.17) is 18.9 Å². The van der Waals surface area contributed by atoms with Crippen molar-refractivity contribution in [3.8, 4) is 11.5 Å². The van der Waals surface area contributed by atoms with Crippen LogP contribution in [0.25, 0.3) is 0 Å². The molecule has 1 aromatic rings. The van der Waals surface area contributed by atoms with Gasteiger partial charge in [-0.2, -0.15) is 0 Å². The summed E-state index contributed by atoms with van der Waals surface area (Å²) < 4.78 is 21.6. The molecular formula is C16H27NO4. The number of hydrogen-bond acceptors (Lipinski definition) is 5. The number of ether oxygens (including phenoxy) is 4. The normalized spacial score (nSPS) is 10.6. The Morgan fingerprint density at radius 1 is 0.952 bits per heavy atom. The molecule has 0 aliphatic rings. The lowest BCUT2D eigenvalue weighted by molar-refractivity contribution is 0.108. The molecule has 21 heavy (non-hydrogen) atoms. The van der Waals surface area contributed by atoms with Gasteiger partial charge in [0.15, 0.2) is 11.5 Å². The van der Waals surface area contributed by atoms with Crippen LogP contribution in [0.1, 0.15) is 19.4 Å². The maximum atomic E-state index is 5.70. The first-order valence-electron chi connectivity index (χ1n) is 7.47. The number of methoxy groups -OCH3 is 1. The summed E-state index contributed by atoms with van der Waals surface area (Å²) in [6.45, 7) is 8.68. The standard InChI is InChI=1S/C16H27NO4/c1-4-19-10-11-21-15-7-6-14(12-16(15)20-5-2)13-17-8-9-18-3/h6-7,12,17H,4-5,8-11,13H2,1-3H3. The fourth-order valence-electron chi connectivity index (χ4n) is 1.81. The van der Waals surface area contributed by atoms with Gasteiger partial charge in [-0.3, -0.25) is 0 Å². The summed E-state index contributed by atoms with van der Waals surface area (Å²) >= 11 is 0. The van der Waals surface area contributed by atoms with Crippen molar-refractivity contribution in [2.75, 3.05) is 46.7 Å². The molecule has 5 heteroatoms. The van der Waals surface area contributed by atoms with Crippen LogP contribution in [0.2, 0.25) is 0 Å². The van der Waals surface area contributed by atoms with Gasteiger partial charge < -0.3 is 24.3 Å². The summed E-state index contributed by atoms with van der Waals surface area (Å²) in [6, 6.07) is 6.00. The van der Waals surface area contributed by atoms with E-state index in [9.17, 15) is 0 Å². The van der Waals surface area contributed by atoms with Crippen LogP contribution in [0.5, 0.6) is 11.5 Å². The molecule has 1 rings (SSSR count). The Bertz CT molecular complexity index is 385. The summed E-state index contributed by atoms with van der Waals surface area (Å²) in [6.07, 6.45) is 0. The summed E-state index contributed by atoms with van der Waals surface area (Å²) in [4.78, 5) is 0. The highest BCUT2D eigenvalue weighted by Gasteiger charge is 2.06. The molecular weight excluding hydrogens is 270 g/mol. The molecule has 0 fully saturated rings. The van der Waals surface area contributed by atoms with Crippen molar-refractivity contribution in [2.45, 2.75) is 20.4 Å². The smallest absolute Gasteiger partial charge is 0.161 e. The zero-order valence-corrected chi connectivity index (χ0v) is 13.3. The minimum atomic E-state index is 0.527. The second-order valence-electron chi connectivity index (χ2n) is 4.43. The molecule has 0 bridgehead atoms. The fraction of sp³-hybridized carbons (Fsp3) is 0.625. The van der Waals surface area contributed by atoms with Gasteiger partial charge in [0.05, 0.1) is 19.8 Å². The summed E-state index contributed by atoms with van der Waals surface area (Å²) in [5.74, 6) is 1.54. The lowest BCUT2D eigenvalue weighted by atomic mass is 10.2. The molecule has 0 heterocycles. The molecule has 0 aliphatic carbocycles. The third kappa shape index (κ3) is 7.32. The maximum absolute atomic E-state index is 5.70. The largest absolute Gasteiger partial charge is 0.490 e. The van der Waals surface area contributed by atoms with Crippen molar-refractivity contribution >= 4 is 0 Å². The van der Waals surface area contributed by atoms with Gasteiger partial charge in [0, 0.05) is 26.8 Å². The topological polar surface area (TPSA) is 49.0 Å². The third-order valence-electron chi connectivity index (χ3n) is 2.81. The summed E-state index contributed by atoms with van der Waals surface area (Å²) in [5.41, 5.74) is 1.16. The quantitative estimate of drug-likeness (QED) is 0.600. The minimum Gasteiger partial charge on any atom is -0.490 e. The monoisotopic (exact) mass is 297 g/mol. The van der Waals surface area contributed by atoms with Crippen LogP contribution in [0, 0.1) is 0 Å². The third-order valence-corrected chi connectivity index (χ3v) is 2.81. The van der Waals surface area contributed by atoms with Gasteiger partial charge in [-0.1, -0.05) is 6.07 Å². The van der Waals surface area contributed by atoms with E-state index in [1.54, 1.807) is 7.11 Å². The zero-order valence-electron chi connectivity index (χ0n) is 13.3. The van der Waals surface area contributed by atoms with Gasteiger partial charge >= 0.3 is 0 Å². The highest BCUT2D eigenvalue weighted by atomic mass is 16.5. The second-order valence-corrected chi connectivity index (χ2v) is 4.43. The summed E-state index contributed by atoms with van der Waals surface area (Å²) in [7, 11) is 1.70. The number of hydrogen-bond donors (Lipinski definition) is 1. The molecule has 0 aliphatic heterocycles. The van der Waals surface area contributed by atoms with E-state index in [-0.39, 0.29) is 0 Å². The first-order valence-corrected chi connectivity index (χ1v) is 7.47. The molecule has 0 spiro atoms. The number of rotatable bonds is 12. The Morgan fingerprint density at radius 3 is 2.52 bits per heavy atom. The molecule has 0 saturated heterocycles. The van der Waals surface area contributed by atoms with E-state index in [0.29, 0.717) is 33.0 Å². The fourth-order valence-corrected chi connectivity index (χ4v) is 1.81. The van der Waals surface area contributed by atoms with Gasteiger partial charge in [-0.15, -0.1) is 0 Å². The van der Waals surface area contributed by atoms with Crippen molar-refractivity contribution in [3.05, 3.63) is 23.8 Å². The van der Waals surface area contributed by atoms with Crippen molar-refractivity contribution in [1.82, 2.24) is 5.32 Å². The van der Waals surface area contributed by atoms with Crippen molar-refractivity contribution < 1.29 is 18.9 Å². The lowest BCUT2D eigenvalue weighted by Gasteiger charge is -2.13. The average Bonchev–Trinajstić information content (AvgIpc) is 2.50. The predicted molar refractivity (Wildman–Crippen MR) is 83.2 cm³/mol. The molecule has 0 unspecified atom stereocenters. The van der Waals surface area contributed by atoms with Gasteiger partial charge in [0.2, 0.25) is 0 Å². The Hall–Kier alpha value is -1.30. The molecule has 120 valence electrons. The molecule has 1 N–H and O–H groups in total. The maximum Gasteiger partial charge on any atom is 0.161 e. The molecule has 0 saturated carbocycles. The first kappa shape index (κ1) is 17.8. The minimum absolute atomic E-state index is 0.527. The van der Waals surface area contributed by atoms with E-state index in [2.05, 4.69) is 5.32 Å². The van der Waals surface area contributed by atoms with Crippen LogP contribution < -0.4 is 14.8 Å². The van der Waals surface area contributed by atoms with E-state index in [1.165, 1.54) is 0 Å². The molecule has 0 radical (unpaired) electrons. The lowest BCUT2D eigenvalue weighted by Crippen LogP contribution is -2.18. The van der Waals surface area contributed by atoms with Crippen LogP contribution >= 0.6 is 0 Å². The number of benzene rings is 1. The van der Waals surface area contributed by atoms with E-state index < -0.39 is 0 Å². The first-order chi connectivity index (χ1) is 10.3. The van der Waals surface area contributed by atoms with Crippen LogP contribution in [0.4, 0.5) is 0 Å². The average molecular weight is 297 g/mol. The highest BCUT2D eigenvalue weighted by molar-refractivity contribution is 5.43. The van der Waals surface area contributed by atoms with Gasteiger partial charge in [0.25, 0.3) is 0 Å². The second kappa shape index (κ2) is 11.4. The van der Waals surface area contributed by atoms with Gasteiger partial charge in [-0.25, -0.2) is 0 Å². The molecule has 0 amide bonds. The van der Waals surface area contributed by atoms with Crippen LogP contribution in [-0.4, -0.2) is 46.7 Å². The van der Waals surface area contributed by atoms with Crippen LogP contribution in [0.15, 0.2) is 18.2 Å².